The third kappa shape index (κ3) is 3.12. The Balaban J connectivity index is 1.44. The highest BCUT2D eigenvalue weighted by Gasteiger charge is 2.30. The van der Waals surface area contributed by atoms with E-state index >= 15 is 0 Å². The number of benzene rings is 2. The van der Waals surface area contributed by atoms with E-state index in [0.29, 0.717) is 28.8 Å². The highest BCUT2D eigenvalue weighted by Crippen LogP contribution is 2.25. The first-order valence-electron chi connectivity index (χ1n) is 8.20. The van der Waals surface area contributed by atoms with Crippen LogP contribution in [-0.2, 0) is 4.79 Å². The summed E-state index contributed by atoms with van der Waals surface area (Å²) in [6.07, 6.45) is 0.526. The number of carbonyl (C=O) groups is 1. The molecule has 4 N–H and O–H groups in total. The number of hydrazine groups is 1. The molecule has 1 amide bonds. The third-order valence-corrected chi connectivity index (χ3v) is 4.49. The van der Waals surface area contributed by atoms with Crippen molar-refractivity contribution in [1.29, 1.82) is 0 Å². The molecule has 0 spiro atoms. The minimum absolute atomic E-state index is 0.0878. The molecule has 8 heteroatoms. The number of anilines is 1. The van der Waals surface area contributed by atoms with Gasteiger partial charge in [0.25, 0.3) is 0 Å². The number of amides is 1. The standard InChI is InChI=1S/C18H17FN4O3/c1-9-6-10(2-4-12(9)19)14-8-15(23-22-14)17(24)20-11-3-5-13-16(7-11)26-18(25)21-13/h2-7,14-15,22-23H,8H2,1H3,(H,20,24)(H,21,25). The summed E-state index contributed by atoms with van der Waals surface area (Å²) in [5.74, 6) is -1.00. The van der Waals surface area contributed by atoms with Crippen molar-refractivity contribution in [2.45, 2.75) is 25.4 Å². The maximum absolute atomic E-state index is 13.4. The number of aryl methyl sites for hydroxylation is 1. The summed E-state index contributed by atoms with van der Waals surface area (Å²) >= 11 is 0. The summed E-state index contributed by atoms with van der Waals surface area (Å²) < 4.78 is 18.4. The fourth-order valence-corrected chi connectivity index (χ4v) is 3.08. The van der Waals surface area contributed by atoms with Crippen LogP contribution in [0.1, 0.15) is 23.6 Å². The Hall–Kier alpha value is -2.97. The van der Waals surface area contributed by atoms with E-state index in [1.54, 1.807) is 37.3 Å². The molecule has 26 heavy (non-hydrogen) atoms. The number of hydrogen-bond acceptors (Lipinski definition) is 5. The maximum atomic E-state index is 13.4. The topological polar surface area (TPSA) is 99.2 Å². The molecule has 1 aliphatic heterocycles. The van der Waals surface area contributed by atoms with Gasteiger partial charge in [-0.2, -0.15) is 0 Å². The van der Waals surface area contributed by atoms with Gasteiger partial charge in [0.2, 0.25) is 5.91 Å². The molecule has 134 valence electrons. The Kier molecular flexibility index (Phi) is 4.06. The van der Waals surface area contributed by atoms with Crippen molar-refractivity contribution >= 4 is 22.7 Å². The number of hydrogen-bond donors (Lipinski definition) is 4. The molecule has 4 rings (SSSR count). The minimum Gasteiger partial charge on any atom is -0.408 e. The van der Waals surface area contributed by atoms with Crippen molar-refractivity contribution in [2.24, 2.45) is 0 Å². The van der Waals surface area contributed by atoms with E-state index in [-0.39, 0.29) is 17.8 Å². The molecular formula is C18H17FN4O3. The molecule has 1 fully saturated rings. The third-order valence-electron chi connectivity index (χ3n) is 4.49. The lowest BCUT2D eigenvalue weighted by Gasteiger charge is -2.11. The molecule has 0 aliphatic carbocycles. The highest BCUT2D eigenvalue weighted by molar-refractivity contribution is 5.96. The quantitative estimate of drug-likeness (QED) is 0.576. The van der Waals surface area contributed by atoms with Crippen LogP contribution in [0.3, 0.4) is 0 Å². The largest absolute Gasteiger partial charge is 0.417 e. The average Bonchev–Trinajstić information content (AvgIpc) is 3.23. The number of aromatic amines is 1. The zero-order valence-corrected chi connectivity index (χ0v) is 13.9. The van der Waals surface area contributed by atoms with Crippen LogP contribution >= 0.6 is 0 Å². The summed E-state index contributed by atoms with van der Waals surface area (Å²) in [4.78, 5) is 26.2. The van der Waals surface area contributed by atoms with Gasteiger partial charge in [0.15, 0.2) is 5.58 Å². The van der Waals surface area contributed by atoms with Crippen LogP contribution < -0.4 is 21.9 Å². The van der Waals surface area contributed by atoms with Crippen molar-refractivity contribution in [3.8, 4) is 0 Å². The Morgan fingerprint density at radius 1 is 1.23 bits per heavy atom. The van der Waals surface area contributed by atoms with Crippen LogP contribution in [0, 0.1) is 12.7 Å². The van der Waals surface area contributed by atoms with E-state index < -0.39 is 11.8 Å². The summed E-state index contributed by atoms with van der Waals surface area (Å²) in [6.45, 7) is 1.71. The van der Waals surface area contributed by atoms with Gasteiger partial charge < -0.3 is 9.73 Å². The first-order chi connectivity index (χ1) is 12.5. The number of carbonyl (C=O) groups excluding carboxylic acids is 1. The van der Waals surface area contributed by atoms with Crippen molar-refractivity contribution in [3.63, 3.8) is 0 Å². The molecular weight excluding hydrogens is 339 g/mol. The molecule has 2 atom stereocenters. The zero-order valence-electron chi connectivity index (χ0n) is 13.9. The fourth-order valence-electron chi connectivity index (χ4n) is 3.08. The number of aromatic nitrogens is 1. The average molecular weight is 356 g/mol. The Bertz CT molecular complexity index is 1040. The monoisotopic (exact) mass is 356 g/mol. The smallest absolute Gasteiger partial charge is 0.408 e. The normalized spacial score (nSPS) is 19.8. The predicted molar refractivity (Wildman–Crippen MR) is 94.0 cm³/mol. The second kappa shape index (κ2) is 6.40. The summed E-state index contributed by atoms with van der Waals surface area (Å²) in [7, 11) is 0. The second-order valence-corrected chi connectivity index (χ2v) is 6.35. The highest BCUT2D eigenvalue weighted by atomic mass is 19.1. The number of oxazole rings is 1. The van der Waals surface area contributed by atoms with Crippen molar-refractivity contribution < 1.29 is 13.6 Å². The van der Waals surface area contributed by atoms with Gasteiger partial charge in [-0.25, -0.2) is 20.0 Å². The van der Waals surface area contributed by atoms with E-state index in [0.717, 1.165) is 5.56 Å². The second-order valence-electron chi connectivity index (χ2n) is 6.35. The molecule has 2 unspecified atom stereocenters. The minimum atomic E-state index is -0.539. The molecule has 1 aromatic heterocycles. The summed E-state index contributed by atoms with van der Waals surface area (Å²) in [5, 5.41) is 2.80. The number of halogens is 1. The fraction of sp³-hybridized carbons (Fsp3) is 0.222. The van der Waals surface area contributed by atoms with Crippen LogP contribution in [-0.4, -0.2) is 16.9 Å². The number of nitrogens with one attached hydrogen (secondary N) is 4. The van der Waals surface area contributed by atoms with E-state index in [1.807, 2.05) is 0 Å². The molecule has 7 nitrogen and oxygen atoms in total. The Labute approximate surface area is 147 Å². The lowest BCUT2D eigenvalue weighted by molar-refractivity contribution is -0.117. The van der Waals surface area contributed by atoms with Crippen LogP contribution in [0.5, 0.6) is 0 Å². The Morgan fingerprint density at radius 3 is 2.88 bits per heavy atom. The van der Waals surface area contributed by atoms with E-state index in [1.165, 1.54) is 6.07 Å². The van der Waals surface area contributed by atoms with Crippen LogP contribution in [0.25, 0.3) is 11.1 Å². The van der Waals surface area contributed by atoms with E-state index in [4.69, 9.17) is 4.42 Å². The van der Waals surface area contributed by atoms with Crippen LogP contribution in [0.2, 0.25) is 0 Å². The van der Waals surface area contributed by atoms with E-state index in [9.17, 15) is 14.0 Å². The van der Waals surface area contributed by atoms with Gasteiger partial charge >= 0.3 is 5.76 Å². The van der Waals surface area contributed by atoms with Crippen LogP contribution in [0.4, 0.5) is 10.1 Å². The molecule has 1 saturated heterocycles. The van der Waals surface area contributed by atoms with Crippen molar-refractivity contribution in [1.82, 2.24) is 15.8 Å². The van der Waals surface area contributed by atoms with Gasteiger partial charge in [-0.05, 0) is 42.7 Å². The SMILES string of the molecule is Cc1cc(C2CC(C(=O)Nc3ccc4[nH]c(=O)oc4c3)NN2)ccc1F. The lowest BCUT2D eigenvalue weighted by Crippen LogP contribution is -2.39. The van der Waals surface area contributed by atoms with Crippen molar-refractivity contribution in [2.75, 3.05) is 5.32 Å². The van der Waals surface area contributed by atoms with Gasteiger partial charge in [-0.15, -0.1) is 0 Å². The molecule has 2 aromatic carbocycles. The number of rotatable bonds is 3. The van der Waals surface area contributed by atoms with E-state index in [2.05, 4.69) is 21.2 Å². The number of H-pyrrole nitrogens is 1. The first kappa shape index (κ1) is 16.5. The molecule has 3 aromatic rings. The van der Waals surface area contributed by atoms with Crippen LogP contribution in [0.15, 0.2) is 45.6 Å². The van der Waals surface area contributed by atoms with Crippen molar-refractivity contribution in [3.05, 3.63) is 63.9 Å². The molecule has 0 radical (unpaired) electrons. The summed E-state index contributed by atoms with van der Waals surface area (Å²) in [6, 6.07) is 9.33. The lowest BCUT2D eigenvalue weighted by atomic mass is 10.00. The van der Waals surface area contributed by atoms with Gasteiger partial charge in [-0.3, -0.25) is 9.78 Å². The van der Waals surface area contributed by atoms with Gasteiger partial charge in [0, 0.05) is 17.8 Å². The molecule has 2 heterocycles. The molecule has 1 aliphatic rings. The van der Waals surface area contributed by atoms with Gasteiger partial charge in [-0.1, -0.05) is 12.1 Å². The molecule has 0 bridgehead atoms. The number of fused-ring (bicyclic) bond motifs is 1. The first-order valence-corrected chi connectivity index (χ1v) is 8.20. The van der Waals surface area contributed by atoms with Gasteiger partial charge in [0.1, 0.15) is 11.9 Å². The zero-order chi connectivity index (χ0) is 18.3. The maximum Gasteiger partial charge on any atom is 0.417 e. The molecule has 0 saturated carbocycles. The Morgan fingerprint density at radius 2 is 2.08 bits per heavy atom. The summed E-state index contributed by atoms with van der Waals surface area (Å²) in [5.41, 5.74) is 9.01. The predicted octanol–water partition coefficient (Wildman–Crippen LogP) is 2.11. The van der Waals surface area contributed by atoms with Gasteiger partial charge in [0.05, 0.1) is 5.52 Å².